The van der Waals surface area contributed by atoms with E-state index in [0.29, 0.717) is 12.0 Å². The molecule has 2 aromatic heterocycles. The molecule has 1 saturated heterocycles. The first-order valence-corrected chi connectivity index (χ1v) is 7.73. The van der Waals surface area contributed by atoms with Gasteiger partial charge >= 0.3 is 0 Å². The minimum absolute atomic E-state index is 0.433. The Balaban J connectivity index is 1.88. The van der Waals surface area contributed by atoms with E-state index >= 15 is 0 Å². The molecule has 1 aliphatic heterocycles. The highest BCUT2D eigenvalue weighted by molar-refractivity contribution is 5.53. The number of piperidine rings is 1. The summed E-state index contributed by atoms with van der Waals surface area (Å²) in [4.78, 5) is 12.0. The summed E-state index contributed by atoms with van der Waals surface area (Å²) in [5.74, 6) is 1.41. The molecular formula is C16H23N5. The molecule has 0 spiro atoms. The summed E-state index contributed by atoms with van der Waals surface area (Å²) in [5.41, 5.74) is 2.92. The first-order valence-electron chi connectivity index (χ1n) is 7.73. The zero-order valence-electron chi connectivity index (χ0n) is 13.0. The van der Waals surface area contributed by atoms with E-state index in [1.54, 1.807) is 6.20 Å². The van der Waals surface area contributed by atoms with Gasteiger partial charge in [0.2, 0.25) is 0 Å². The van der Waals surface area contributed by atoms with E-state index in [9.17, 15) is 0 Å². The fraction of sp³-hybridized carbons (Fsp3) is 0.562. The molecule has 5 heteroatoms. The van der Waals surface area contributed by atoms with Crippen LogP contribution < -0.4 is 0 Å². The van der Waals surface area contributed by atoms with Gasteiger partial charge < -0.3 is 4.90 Å². The fourth-order valence-corrected chi connectivity index (χ4v) is 3.00. The molecule has 0 amide bonds. The molecule has 21 heavy (non-hydrogen) atoms. The fourth-order valence-electron chi connectivity index (χ4n) is 3.00. The van der Waals surface area contributed by atoms with Crippen LogP contribution in [0.5, 0.6) is 0 Å². The van der Waals surface area contributed by atoms with Gasteiger partial charge in [-0.1, -0.05) is 0 Å². The Labute approximate surface area is 125 Å². The van der Waals surface area contributed by atoms with Crippen LogP contribution in [0, 0.1) is 6.92 Å². The lowest BCUT2D eigenvalue weighted by Crippen LogP contribution is -2.39. The van der Waals surface area contributed by atoms with Crippen LogP contribution in [-0.2, 0) is 0 Å². The van der Waals surface area contributed by atoms with Gasteiger partial charge in [-0.05, 0) is 52.3 Å². The van der Waals surface area contributed by atoms with Gasteiger partial charge in [0.25, 0.3) is 0 Å². The quantitative estimate of drug-likeness (QED) is 0.942. The molecule has 1 fully saturated rings. The molecule has 3 rings (SSSR count). The third-order valence-corrected chi connectivity index (χ3v) is 4.20. The topological polar surface area (TPSA) is 57.7 Å². The summed E-state index contributed by atoms with van der Waals surface area (Å²) >= 11 is 0. The van der Waals surface area contributed by atoms with E-state index in [0.717, 1.165) is 29.5 Å². The number of nitrogens with one attached hydrogen (secondary N) is 1. The van der Waals surface area contributed by atoms with Crippen LogP contribution in [0.3, 0.4) is 0 Å². The van der Waals surface area contributed by atoms with Crippen LogP contribution in [0.1, 0.15) is 44.1 Å². The molecule has 0 radical (unpaired) electrons. The largest absolute Gasteiger partial charge is 0.300 e. The van der Waals surface area contributed by atoms with Gasteiger partial charge in [0, 0.05) is 30.4 Å². The highest BCUT2D eigenvalue weighted by Crippen LogP contribution is 2.27. The van der Waals surface area contributed by atoms with E-state index in [1.165, 1.54) is 19.4 Å². The maximum absolute atomic E-state index is 4.78. The molecule has 0 aliphatic carbocycles. The average molecular weight is 285 g/mol. The molecule has 1 atom stereocenters. The van der Waals surface area contributed by atoms with Gasteiger partial charge in [-0.15, -0.1) is 0 Å². The molecule has 1 N–H and O–H groups in total. The third-order valence-electron chi connectivity index (χ3n) is 4.20. The zero-order chi connectivity index (χ0) is 14.8. The predicted molar refractivity (Wildman–Crippen MR) is 83.0 cm³/mol. The summed E-state index contributed by atoms with van der Waals surface area (Å²) in [6.45, 7) is 8.80. The maximum Gasteiger partial charge on any atom is 0.133 e. The van der Waals surface area contributed by atoms with Crippen molar-refractivity contribution in [1.29, 1.82) is 0 Å². The summed E-state index contributed by atoms with van der Waals surface area (Å²) in [6, 6.07) is 4.55. The minimum Gasteiger partial charge on any atom is -0.300 e. The Hall–Kier alpha value is -1.75. The van der Waals surface area contributed by atoms with Gasteiger partial charge in [-0.25, -0.2) is 9.97 Å². The van der Waals surface area contributed by atoms with Crippen LogP contribution in [0.4, 0.5) is 0 Å². The third kappa shape index (κ3) is 3.13. The number of aromatic nitrogens is 4. The van der Waals surface area contributed by atoms with Crippen LogP contribution in [0.15, 0.2) is 18.3 Å². The van der Waals surface area contributed by atoms with E-state index in [4.69, 9.17) is 4.98 Å². The number of likely N-dealkylation sites (tertiary alicyclic amines) is 1. The van der Waals surface area contributed by atoms with Crippen molar-refractivity contribution in [3.8, 4) is 11.4 Å². The second-order valence-electron chi connectivity index (χ2n) is 6.15. The van der Waals surface area contributed by atoms with Crippen molar-refractivity contribution in [1.82, 2.24) is 25.1 Å². The number of rotatable bonds is 3. The van der Waals surface area contributed by atoms with Gasteiger partial charge in [-0.3, -0.25) is 5.10 Å². The minimum atomic E-state index is 0.433. The lowest BCUT2D eigenvalue weighted by molar-refractivity contribution is 0.165. The van der Waals surface area contributed by atoms with Crippen molar-refractivity contribution < 1.29 is 0 Å². The highest BCUT2D eigenvalue weighted by atomic mass is 15.2. The SMILES string of the molecule is Cc1cc(-c2ccn[nH]2)nc([C@H]2CCCN(C(C)C)C2)n1. The Morgan fingerprint density at radius 3 is 2.90 bits per heavy atom. The number of aryl methyl sites for hydroxylation is 1. The number of H-pyrrole nitrogens is 1. The van der Waals surface area contributed by atoms with Gasteiger partial charge in [0.05, 0.1) is 11.4 Å². The van der Waals surface area contributed by atoms with Crippen molar-refractivity contribution in [2.75, 3.05) is 13.1 Å². The van der Waals surface area contributed by atoms with E-state index in [-0.39, 0.29) is 0 Å². The van der Waals surface area contributed by atoms with Crippen molar-refractivity contribution in [2.24, 2.45) is 0 Å². The van der Waals surface area contributed by atoms with Gasteiger partial charge in [0.15, 0.2) is 0 Å². The van der Waals surface area contributed by atoms with Crippen LogP contribution >= 0.6 is 0 Å². The molecule has 5 nitrogen and oxygen atoms in total. The van der Waals surface area contributed by atoms with Crippen LogP contribution in [-0.4, -0.2) is 44.2 Å². The number of nitrogens with zero attached hydrogens (tertiary/aromatic N) is 4. The predicted octanol–water partition coefficient (Wildman–Crippen LogP) is 2.76. The molecule has 0 saturated carbocycles. The smallest absolute Gasteiger partial charge is 0.133 e. The molecule has 3 heterocycles. The molecule has 0 unspecified atom stereocenters. The Morgan fingerprint density at radius 2 is 2.19 bits per heavy atom. The molecule has 1 aliphatic rings. The standard InChI is InChI=1S/C16H23N5/c1-11(2)21-8-4-5-13(10-21)16-18-12(3)9-15(19-16)14-6-7-17-20-14/h6-7,9,11,13H,4-5,8,10H2,1-3H3,(H,17,20)/t13-/m0/s1. The Bertz CT molecular complexity index is 591. The summed E-state index contributed by atoms with van der Waals surface area (Å²) in [6.07, 6.45) is 4.15. The molecule has 0 bridgehead atoms. The van der Waals surface area contributed by atoms with Crippen LogP contribution in [0.2, 0.25) is 0 Å². The van der Waals surface area contributed by atoms with Crippen molar-refractivity contribution in [2.45, 2.75) is 45.6 Å². The monoisotopic (exact) mass is 285 g/mol. The van der Waals surface area contributed by atoms with Gasteiger partial charge in [-0.2, -0.15) is 5.10 Å². The van der Waals surface area contributed by atoms with E-state index in [2.05, 4.69) is 33.9 Å². The molecule has 112 valence electrons. The van der Waals surface area contributed by atoms with Crippen LogP contribution in [0.25, 0.3) is 11.4 Å². The number of hydrogen-bond acceptors (Lipinski definition) is 4. The first-order chi connectivity index (χ1) is 10.1. The Kier molecular flexibility index (Phi) is 4.01. The highest BCUT2D eigenvalue weighted by Gasteiger charge is 2.25. The Morgan fingerprint density at radius 1 is 1.33 bits per heavy atom. The lowest BCUT2D eigenvalue weighted by atomic mass is 9.96. The summed E-state index contributed by atoms with van der Waals surface area (Å²) in [5, 5.41) is 7.00. The van der Waals surface area contributed by atoms with E-state index < -0.39 is 0 Å². The normalized spacial score (nSPS) is 20.1. The second-order valence-corrected chi connectivity index (χ2v) is 6.15. The second kappa shape index (κ2) is 5.93. The summed E-state index contributed by atoms with van der Waals surface area (Å²) < 4.78 is 0. The van der Waals surface area contributed by atoms with Crippen molar-refractivity contribution in [3.63, 3.8) is 0 Å². The first kappa shape index (κ1) is 14.2. The average Bonchev–Trinajstić information content (AvgIpc) is 3.01. The molecule has 2 aromatic rings. The van der Waals surface area contributed by atoms with Crippen molar-refractivity contribution >= 4 is 0 Å². The van der Waals surface area contributed by atoms with Gasteiger partial charge in [0.1, 0.15) is 5.82 Å². The molecular weight excluding hydrogens is 262 g/mol. The molecule has 0 aromatic carbocycles. The number of aromatic amines is 1. The lowest BCUT2D eigenvalue weighted by Gasteiger charge is -2.34. The van der Waals surface area contributed by atoms with E-state index in [1.807, 2.05) is 19.1 Å². The zero-order valence-corrected chi connectivity index (χ0v) is 13.0. The maximum atomic E-state index is 4.78. The number of hydrogen-bond donors (Lipinski definition) is 1. The van der Waals surface area contributed by atoms with Crippen molar-refractivity contribution in [3.05, 3.63) is 29.8 Å². The summed E-state index contributed by atoms with van der Waals surface area (Å²) in [7, 11) is 0.